The second-order valence-corrected chi connectivity index (χ2v) is 6.94. The maximum atomic E-state index is 13.3. The maximum absolute atomic E-state index is 13.3. The molecule has 0 saturated carbocycles. The van der Waals surface area contributed by atoms with Crippen molar-refractivity contribution in [2.45, 2.75) is 19.9 Å². The van der Waals surface area contributed by atoms with E-state index in [1.165, 1.54) is 0 Å². The molecule has 2 amide bonds. The largest absolute Gasteiger partial charge is 0.379 e. The molecule has 4 N–H and O–H groups in total. The molecule has 0 aliphatic carbocycles. The Morgan fingerprint density at radius 3 is 2.50 bits per heavy atom. The van der Waals surface area contributed by atoms with Gasteiger partial charge < -0.3 is 25.8 Å². The fourth-order valence-corrected chi connectivity index (χ4v) is 3.70. The Morgan fingerprint density at radius 2 is 1.87 bits per heavy atom. The summed E-state index contributed by atoms with van der Waals surface area (Å²) in [4.78, 5) is 37.5. The third-order valence-corrected chi connectivity index (χ3v) is 5.20. The summed E-state index contributed by atoms with van der Waals surface area (Å²) >= 11 is 0. The van der Waals surface area contributed by atoms with Crippen molar-refractivity contribution in [1.82, 2.24) is 34.6 Å². The van der Waals surface area contributed by atoms with Crippen molar-refractivity contribution in [1.29, 1.82) is 0 Å². The molecule has 0 bridgehead atoms. The Kier molecular flexibility index (Phi) is 5.31. The molecule has 0 atom stereocenters. The summed E-state index contributed by atoms with van der Waals surface area (Å²) < 4.78 is 6.55. The van der Waals surface area contributed by atoms with Gasteiger partial charge in [-0.2, -0.15) is 0 Å². The Hall–Kier alpha value is -3.54. The van der Waals surface area contributed by atoms with Crippen LogP contribution in [-0.4, -0.2) is 79.2 Å². The van der Waals surface area contributed by atoms with Gasteiger partial charge in [-0.15, -0.1) is 0 Å². The van der Waals surface area contributed by atoms with Gasteiger partial charge in [0.05, 0.1) is 17.3 Å². The molecule has 1 aliphatic rings. The Bertz CT molecular complexity index is 1080. The van der Waals surface area contributed by atoms with Crippen LogP contribution in [0.4, 0.5) is 5.82 Å². The van der Waals surface area contributed by atoms with Crippen molar-refractivity contribution in [3.63, 3.8) is 0 Å². The number of fused-ring (bicyclic) bond motifs is 1. The number of nitrogen functional groups attached to an aromatic ring is 1. The Labute approximate surface area is 171 Å². The standard InChI is InChI=1S/C18H23N9O3/c1-2-27-15-11(18(29)26-7-5-25(6-8-26)13(28)3-4-19)9-21-10-12(15)22-17(27)14-16(20)24-30-23-14/h9-10H,2-8,19H2,1H3,(H2,20,24). The minimum atomic E-state index is -0.161. The van der Waals surface area contributed by atoms with Gasteiger partial charge in [0.2, 0.25) is 5.91 Å². The number of carbonyl (C=O) groups excluding carboxylic acids is 2. The lowest BCUT2D eigenvalue weighted by Crippen LogP contribution is -2.50. The molecule has 0 aromatic carbocycles. The van der Waals surface area contributed by atoms with Crippen molar-refractivity contribution in [3.8, 4) is 11.5 Å². The highest BCUT2D eigenvalue weighted by Crippen LogP contribution is 2.28. The van der Waals surface area contributed by atoms with E-state index in [0.29, 0.717) is 73.8 Å². The van der Waals surface area contributed by atoms with Crippen LogP contribution in [0.5, 0.6) is 0 Å². The number of rotatable bonds is 5. The summed E-state index contributed by atoms with van der Waals surface area (Å²) in [5.41, 5.74) is 13.3. The molecule has 0 spiro atoms. The monoisotopic (exact) mass is 413 g/mol. The van der Waals surface area contributed by atoms with Gasteiger partial charge in [-0.25, -0.2) is 9.61 Å². The molecule has 1 saturated heterocycles. The zero-order valence-corrected chi connectivity index (χ0v) is 16.6. The van der Waals surface area contributed by atoms with Crippen molar-refractivity contribution < 1.29 is 14.2 Å². The van der Waals surface area contributed by atoms with E-state index in [9.17, 15) is 9.59 Å². The van der Waals surface area contributed by atoms with Gasteiger partial charge >= 0.3 is 0 Å². The predicted octanol–water partition coefficient (Wildman–Crippen LogP) is -0.283. The average Bonchev–Trinajstić information content (AvgIpc) is 3.35. The molecule has 4 rings (SSSR count). The van der Waals surface area contributed by atoms with Crippen LogP contribution in [0.15, 0.2) is 17.0 Å². The number of nitrogens with zero attached hydrogens (tertiary/aromatic N) is 7. The molecular formula is C18H23N9O3. The molecule has 0 unspecified atom stereocenters. The molecule has 12 nitrogen and oxygen atoms in total. The minimum absolute atomic E-state index is 0.0147. The zero-order chi connectivity index (χ0) is 21.3. The molecule has 12 heteroatoms. The molecule has 1 fully saturated rings. The Balaban J connectivity index is 1.65. The molecular weight excluding hydrogens is 390 g/mol. The molecule has 3 aromatic rings. The van der Waals surface area contributed by atoms with Gasteiger partial charge in [0.15, 0.2) is 17.3 Å². The molecule has 4 heterocycles. The van der Waals surface area contributed by atoms with E-state index in [1.54, 1.807) is 22.2 Å². The number of imidazole rings is 1. The van der Waals surface area contributed by atoms with Gasteiger partial charge in [0, 0.05) is 51.9 Å². The van der Waals surface area contributed by atoms with Gasteiger partial charge in [-0.1, -0.05) is 0 Å². The van der Waals surface area contributed by atoms with Crippen molar-refractivity contribution in [2.75, 3.05) is 38.5 Å². The number of hydrogen-bond acceptors (Lipinski definition) is 9. The third-order valence-electron chi connectivity index (χ3n) is 5.20. The number of pyridine rings is 1. The molecule has 30 heavy (non-hydrogen) atoms. The lowest BCUT2D eigenvalue weighted by molar-refractivity contribution is -0.132. The van der Waals surface area contributed by atoms with E-state index in [4.69, 9.17) is 16.1 Å². The predicted molar refractivity (Wildman–Crippen MR) is 107 cm³/mol. The van der Waals surface area contributed by atoms with Crippen molar-refractivity contribution >= 4 is 28.7 Å². The van der Waals surface area contributed by atoms with Crippen LogP contribution in [-0.2, 0) is 11.3 Å². The van der Waals surface area contributed by atoms with E-state index in [-0.39, 0.29) is 17.6 Å². The number of hydrogen-bond donors (Lipinski definition) is 2. The summed E-state index contributed by atoms with van der Waals surface area (Å²) in [6.07, 6.45) is 3.45. The molecule has 158 valence electrons. The number of anilines is 1. The lowest BCUT2D eigenvalue weighted by Gasteiger charge is -2.34. The quantitative estimate of drug-likeness (QED) is 0.572. The van der Waals surface area contributed by atoms with E-state index < -0.39 is 0 Å². The SMILES string of the molecule is CCn1c(-c2nonc2N)nc2cncc(C(=O)N3CCN(C(=O)CCN)CC3)c21. The van der Waals surface area contributed by atoms with Crippen LogP contribution in [0, 0.1) is 0 Å². The summed E-state index contributed by atoms with van der Waals surface area (Å²) in [5.74, 6) is 0.442. The summed E-state index contributed by atoms with van der Waals surface area (Å²) in [7, 11) is 0. The third kappa shape index (κ3) is 3.34. The van der Waals surface area contributed by atoms with Gasteiger partial charge in [-0.3, -0.25) is 14.6 Å². The van der Waals surface area contributed by atoms with Crippen molar-refractivity contribution in [3.05, 3.63) is 18.0 Å². The second-order valence-electron chi connectivity index (χ2n) is 6.94. The summed E-state index contributed by atoms with van der Waals surface area (Å²) in [6, 6.07) is 0. The number of amides is 2. The van der Waals surface area contributed by atoms with Crippen molar-refractivity contribution in [2.24, 2.45) is 5.73 Å². The van der Waals surface area contributed by atoms with E-state index in [0.717, 1.165) is 0 Å². The van der Waals surface area contributed by atoms with E-state index in [1.807, 2.05) is 11.5 Å². The lowest BCUT2D eigenvalue weighted by atomic mass is 10.2. The smallest absolute Gasteiger partial charge is 0.257 e. The topological polar surface area (TPSA) is 162 Å². The van der Waals surface area contributed by atoms with Crippen LogP contribution < -0.4 is 11.5 Å². The number of carbonyl (C=O) groups is 2. The van der Waals surface area contributed by atoms with Crippen LogP contribution in [0.3, 0.4) is 0 Å². The zero-order valence-electron chi connectivity index (χ0n) is 16.6. The fourth-order valence-electron chi connectivity index (χ4n) is 3.70. The first-order chi connectivity index (χ1) is 14.5. The number of nitrogens with two attached hydrogens (primary N) is 2. The number of aromatic nitrogens is 5. The Morgan fingerprint density at radius 1 is 1.13 bits per heavy atom. The van der Waals surface area contributed by atoms with E-state index >= 15 is 0 Å². The first-order valence-corrected chi connectivity index (χ1v) is 9.74. The average molecular weight is 413 g/mol. The summed E-state index contributed by atoms with van der Waals surface area (Å²) in [5, 5.41) is 7.45. The highest BCUT2D eigenvalue weighted by Gasteiger charge is 2.28. The van der Waals surface area contributed by atoms with Gasteiger partial charge in [-0.05, 0) is 17.2 Å². The van der Waals surface area contributed by atoms with Crippen LogP contribution in [0.1, 0.15) is 23.7 Å². The first kappa shape index (κ1) is 19.8. The maximum Gasteiger partial charge on any atom is 0.257 e. The highest BCUT2D eigenvalue weighted by atomic mass is 16.6. The normalized spacial score (nSPS) is 14.5. The van der Waals surface area contributed by atoms with Crippen LogP contribution in [0.2, 0.25) is 0 Å². The number of piperazine rings is 1. The van der Waals surface area contributed by atoms with Crippen LogP contribution in [0.25, 0.3) is 22.6 Å². The fraction of sp³-hybridized carbons (Fsp3) is 0.444. The molecule has 0 radical (unpaired) electrons. The highest BCUT2D eigenvalue weighted by molar-refractivity contribution is 6.05. The summed E-state index contributed by atoms with van der Waals surface area (Å²) in [6.45, 7) is 4.63. The number of aryl methyl sites for hydroxylation is 1. The minimum Gasteiger partial charge on any atom is -0.379 e. The second kappa shape index (κ2) is 8.06. The van der Waals surface area contributed by atoms with Gasteiger partial charge in [0.1, 0.15) is 5.52 Å². The van der Waals surface area contributed by atoms with Crippen LogP contribution >= 0.6 is 0 Å². The van der Waals surface area contributed by atoms with E-state index in [2.05, 4.69) is 20.3 Å². The first-order valence-electron chi connectivity index (χ1n) is 9.74. The molecule has 1 aliphatic heterocycles. The van der Waals surface area contributed by atoms with Gasteiger partial charge in [0.25, 0.3) is 5.91 Å². The molecule has 3 aromatic heterocycles.